The third-order valence-electron chi connectivity index (χ3n) is 2.39. The highest BCUT2D eigenvalue weighted by atomic mass is 16.5. The number of oxime groups is 1. The number of rotatable bonds is 4. The minimum absolute atomic E-state index is 0.0596. The van der Waals surface area contributed by atoms with Crippen LogP contribution in [0.5, 0.6) is 5.75 Å². The van der Waals surface area contributed by atoms with E-state index in [1.165, 1.54) is 0 Å². The number of amidine groups is 1. The largest absolute Gasteiger partial charge is 0.489 e. The minimum Gasteiger partial charge on any atom is -0.489 e. The quantitative estimate of drug-likeness (QED) is 0.371. The van der Waals surface area contributed by atoms with Gasteiger partial charge in [-0.15, -0.1) is 0 Å². The fourth-order valence-corrected chi connectivity index (χ4v) is 1.45. The van der Waals surface area contributed by atoms with Gasteiger partial charge in [0, 0.05) is 18.0 Å². The van der Waals surface area contributed by atoms with Gasteiger partial charge in [-0.05, 0) is 29.8 Å². The molecule has 0 atom stereocenters. The van der Waals surface area contributed by atoms with Gasteiger partial charge in [0.2, 0.25) is 0 Å². The zero-order valence-electron chi connectivity index (χ0n) is 9.65. The Morgan fingerprint density at radius 2 is 2.06 bits per heavy atom. The average Bonchev–Trinajstić information content (AvgIpc) is 2.45. The fourth-order valence-electron chi connectivity index (χ4n) is 1.45. The molecule has 1 aromatic heterocycles. The maximum absolute atomic E-state index is 8.60. The molecule has 18 heavy (non-hydrogen) atoms. The highest BCUT2D eigenvalue weighted by molar-refractivity contribution is 5.97. The Morgan fingerprint density at radius 1 is 1.28 bits per heavy atom. The highest BCUT2D eigenvalue weighted by Crippen LogP contribution is 2.14. The number of pyridine rings is 1. The lowest BCUT2D eigenvalue weighted by Crippen LogP contribution is -2.12. The normalized spacial score (nSPS) is 11.2. The van der Waals surface area contributed by atoms with E-state index in [0.717, 1.165) is 5.56 Å². The topological polar surface area (TPSA) is 80.7 Å². The van der Waals surface area contributed by atoms with Crippen molar-refractivity contribution in [2.45, 2.75) is 6.61 Å². The van der Waals surface area contributed by atoms with Crippen molar-refractivity contribution in [2.75, 3.05) is 0 Å². The summed E-state index contributed by atoms with van der Waals surface area (Å²) in [6, 6.07) is 10.8. The van der Waals surface area contributed by atoms with Crippen molar-refractivity contribution in [1.82, 2.24) is 4.98 Å². The summed E-state index contributed by atoms with van der Waals surface area (Å²) in [5, 5.41) is 11.6. The van der Waals surface area contributed by atoms with Gasteiger partial charge in [0.05, 0.1) is 0 Å². The molecule has 5 nitrogen and oxygen atoms in total. The molecule has 0 aliphatic heterocycles. The molecule has 0 fully saturated rings. The zero-order valence-corrected chi connectivity index (χ0v) is 9.65. The Balaban J connectivity index is 2.06. The molecule has 0 amide bonds. The molecule has 3 N–H and O–H groups in total. The van der Waals surface area contributed by atoms with Crippen LogP contribution in [0.25, 0.3) is 0 Å². The Morgan fingerprint density at radius 3 is 2.78 bits per heavy atom. The smallest absolute Gasteiger partial charge is 0.170 e. The van der Waals surface area contributed by atoms with Crippen molar-refractivity contribution in [3.8, 4) is 5.75 Å². The number of benzene rings is 1. The van der Waals surface area contributed by atoms with Gasteiger partial charge in [-0.25, -0.2) is 0 Å². The van der Waals surface area contributed by atoms with Crippen LogP contribution in [0.3, 0.4) is 0 Å². The Bertz CT molecular complexity index is 541. The maximum Gasteiger partial charge on any atom is 0.170 e. The summed E-state index contributed by atoms with van der Waals surface area (Å²) in [6.07, 6.45) is 3.43. The van der Waals surface area contributed by atoms with Gasteiger partial charge in [-0.3, -0.25) is 4.98 Å². The van der Waals surface area contributed by atoms with Crippen LogP contribution in [-0.4, -0.2) is 16.0 Å². The van der Waals surface area contributed by atoms with Crippen molar-refractivity contribution >= 4 is 5.84 Å². The molecule has 0 aliphatic rings. The monoisotopic (exact) mass is 243 g/mol. The summed E-state index contributed by atoms with van der Waals surface area (Å²) < 4.78 is 5.61. The summed E-state index contributed by atoms with van der Waals surface area (Å²) in [7, 11) is 0. The zero-order chi connectivity index (χ0) is 12.8. The Kier molecular flexibility index (Phi) is 3.76. The van der Waals surface area contributed by atoms with Gasteiger partial charge in [0.15, 0.2) is 5.84 Å². The number of hydrogen-bond donors (Lipinski definition) is 2. The van der Waals surface area contributed by atoms with Crippen LogP contribution in [0.4, 0.5) is 0 Å². The molecule has 5 heteroatoms. The second-order valence-corrected chi connectivity index (χ2v) is 3.66. The molecular weight excluding hydrogens is 230 g/mol. The molecule has 92 valence electrons. The number of hydrogen-bond acceptors (Lipinski definition) is 4. The summed E-state index contributed by atoms with van der Waals surface area (Å²) in [5.74, 6) is 0.722. The number of aromatic nitrogens is 1. The lowest BCUT2D eigenvalue weighted by molar-refractivity contribution is 0.306. The summed E-state index contributed by atoms with van der Waals surface area (Å²) in [4.78, 5) is 3.93. The average molecular weight is 243 g/mol. The van der Waals surface area contributed by atoms with Crippen LogP contribution in [0.15, 0.2) is 53.9 Å². The minimum atomic E-state index is 0.0596. The molecule has 0 spiro atoms. The van der Waals surface area contributed by atoms with Crippen molar-refractivity contribution in [3.63, 3.8) is 0 Å². The van der Waals surface area contributed by atoms with Gasteiger partial charge >= 0.3 is 0 Å². The van der Waals surface area contributed by atoms with Gasteiger partial charge in [0.25, 0.3) is 0 Å². The predicted octanol–water partition coefficient (Wildman–Crippen LogP) is 1.76. The summed E-state index contributed by atoms with van der Waals surface area (Å²) in [6.45, 7) is 0.447. The predicted molar refractivity (Wildman–Crippen MR) is 67.5 cm³/mol. The maximum atomic E-state index is 8.60. The van der Waals surface area contributed by atoms with Crippen LogP contribution >= 0.6 is 0 Å². The third kappa shape index (κ3) is 2.98. The van der Waals surface area contributed by atoms with E-state index in [1.54, 1.807) is 30.6 Å². The van der Waals surface area contributed by atoms with Crippen molar-refractivity contribution < 1.29 is 9.94 Å². The third-order valence-corrected chi connectivity index (χ3v) is 2.39. The summed E-state index contributed by atoms with van der Waals surface area (Å²) >= 11 is 0. The first-order valence-corrected chi connectivity index (χ1v) is 5.39. The molecule has 0 aliphatic carbocycles. The van der Waals surface area contributed by atoms with Gasteiger partial charge in [-0.2, -0.15) is 0 Å². The molecular formula is C13H13N3O2. The van der Waals surface area contributed by atoms with Crippen LogP contribution in [-0.2, 0) is 6.61 Å². The number of nitrogens with zero attached hydrogens (tertiary/aromatic N) is 2. The molecule has 0 bridgehead atoms. The van der Waals surface area contributed by atoms with E-state index in [1.807, 2.05) is 18.2 Å². The fraction of sp³-hybridized carbons (Fsp3) is 0.0769. The lowest BCUT2D eigenvalue weighted by Gasteiger charge is -2.07. The van der Waals surface area contributed by atoms with Crippen molar-refractivity contribution in [1.29, 1.82) is 0 Å². The van der Waals surface area contributed by atoms with Crippen LogP contribution in [0, 0.1) is 0 Å². The van der Waals surface area contributed by atoms with Crippen LogP contribution in [0.1, 0.15) is 11.1 Å². The number of nitrogens with two attached hydrogens (primary N) is 1. The molecule has 1 aromatic carbocycles. The van der Waals surface area contributed by atoms with Gasteiger partial charge in [0.1, 0.15) is 12.4 Å². The van der Waals surface area contributed by atoms with Crippen molar-refractivity contribution in [3.05, 3.63) is 59.9 Å². The second-order valence-electron chi connectivity index (χ2n) is 3.66. The molecule has 1 heterocycles. The molecule has 0 saturated heterocycles. The molecule has 2 rings (SSSR count). The van der Waals surface area contributed by atoms with Crippen LogP contribution in [0.2, 0.25) is 0 Å². The van der Waals surface area contributed by atoms with E-state index in [4.69, 9.17) is 15.7 Å². The highest BCUT2D eigenvalue weighted by Gasteiger charge is 2.01. The Labute approximate surface area is 105 Å². The van der Waals surface area contributed by atoms with Gasteiger partial charge < -0.3 is 15.7 Å². The standard InChI is InChI=1S/C13H13N3O2/c14-13(16-17)11-2-1-3-12(8-11)18-9-10-4-6-15-7-5-10/h1-8,17H,9H2,(H2,14,16). The SMILES string of the molecule is N/C(=N\O)c1cccc(OCc2ccncc2)c1. The van der Waals surface area contributed by atoms with Crippen molar-refractivity contribution in [2.24, 2.45) is 10.9 Å². The van der Waals surface area contributed by atoms with E-state index >= 15 is 0 Å². The van der Waals surface area contributed by atoms with E-state index in [9.17, 15) is 0 Å². The van der Waals surface area contributed by atoms with E-state index in [2.05, 4.69) is 10.1 Å². The molecule has 2 aromatic rings. The van der Waals surface area contributed by atoms with E-state index in [-0.39, 0.29) is 5.84 Å². The molecule has 0 radical (unpaired) electrons. The summed E-state index contributed by atoms with van der Waals surface area (Å²) in [5.41, 5.74) is 7.15. The molecule has 0 unspecified atom stereocenters. The second kappa shape index (κ2) is 5.67. The Hall–Kier alpha value is -2.56. The lowest BCUT2D eigenvalue weighted by atomic mass is 10.2. The van der Waals surface area contributed by atoms with Crippen LogP contribution < -0.4 is 10.5 Å². The van der Waals surface area contributed by atoms with Gasteiger partial charge in [-0.1, -0.05) is 17.3 Å². The first-order chi connectivity index (χ1) is 8.79. The first kappa shape index (κ1) is 11.9. The van der Waals surface area contributed by atoms with E-state index < -0.39 is 0 Å². The first-order valence-electron chi connectivity index (χ1n) is 5.39. The van der Waals surface area contributed by atoms with E-state index in [0.29, 0.717) is 17.9 Å². The number of ether oxygens (including phenoxy) is 1. The molecule has 0 saturated carbocycles.